The number of hydrogen-bond donors (Lipinski definition) is 5. The Labute approximate surface area is 219 Å². The summed E-state index contributed by atoms with van der Waals surface area (Å²) in [5.41, 5.74) is 11.3. The van der Waals surface area contributed by atoms with E-state index in [4.69, 9.17) is 25.4 Å². The molecular weight excluding hydrogens is 495 g/mol. The number of nitrogen functional groups attached to an aromatic ring is 1. The molecule has 0 spiro atoms. The van der Waals surface area contributed by atoms with Gasteiger partial charge in [0.1, 0.15) is 18.5 Å². The summed E-state index contributed by atoms with van der Waals surface area (Å²) in [6.45, 7) is 2.86. The van der Waals surface area contributed by atoms with Gasteiger partial charge in [0.2, 0.25) is 5.95 Å². The van der Waals surface area contributed by atoms with Gasteiger partial charge in [-0.25, -0.2) is 4.98 Å². The Bertz CT molecular complexity index is 1270. The molecule has 1 aromatic heterocycles. The molecule has 2 aromatic carbocycles. The maximum absolute atomic E-state index is 13.9. The van der Waals surface area contributed by atoms with Crippen LogP contribution in [0.2, 0.25) is 0 Å². The summed E-state index contributed by atoms with van der Waals surface area (Å²) in [5.74, 6) is -1.70. The zero-order valence-corrected chi connectivity index (χ0v) is 20.9. The highest BCUT2D eigenvalue weighted by Gasteiger charge is 2.24. The number of benzene rings is 2. The van der Waals surface area contributed by atoms with Crippen LogP contribution >= 0.6 is 0 Å². The van der Waals surface area contributed by atoms with Gasteiger partial charge in [0.15, 0.2) is 11.5 Å². The van der Waals surface area contributed by atoms with E-state index in [0.29, 0.717) is 48.1 Å². The molecular formula is C26H29FN6O5. The van der Waals surface area contributed by atoms with Gasteiger partial charge in [0.25, 0.3) is 11.8 Å². The predicted molar refractivity (Wildman–Crippen MR) is 139 cm³/mol. The average molecular weight is 525 g/mol. The standard InChI is InChI=1S/C26H29FN6O5/c1-3-37-21-15-17(8-11-20(21)38-14-13-36-2)22(31-18-9-6-16(7-10-18)24(28)29)26(35)33-32-25(34)19-5-4-12-30-23(19)27/h4-12,15,22,31H,3,13-14H2,1-2H3,(H3,28,29)(H,32,34)(H,33,35). The third-order valence-electron chi connectivity index (χ3n) is 5.22. The van der Waals surface area contributed by atoms with Crippen LogP contribution in [-0.4, -0.2) is 49.6 Å². The normalized spacial score (nSPS) is 11.2. The molecule has 0 saturated carbocycles. The molecule has 38 heavy (non-hydrogen) atoms. The van der Waals surface area contributed by atoms with Gasteiger partial charge in [-0.3, -0.25) is 25.8 Å². The van der Waals surface area contributed by atoms with Gasteiger partial charge >= 0.3 is 0 Å². The molecule has 0 aliphatic carbocycles. The average Bonchev–Trinajstić information content (AvgIpc) is 2.92. The zero-order valence-electron chi connectivity index (χ0n) is 20.9. The second-order valence-corrected chi connectivity index (χ2v) is 7.83. The number of amides is 2. The van der Waals surface area contributed by atoms with E-state index in [2.05, 4.69) is 21.2 Å². The van der Waals surface area contributed by atoms with Gasteiger partial charge in [0.05, 0.1) is 18.8 Å². The fourth-order valence-electron chi connectivity index (χ4n) is 3.35. The second kappa shape index (κ2) is 13.6. The summed E-state index contributed by atoms with van der Waals surface area (Å²) >= 11 is 0. The van der Waals surface area contributed by atoms with Crippen molar-refractivity contribution in [2.45, 2.75) is 13.0 Å². The van der Waals surface area contributed by atoms with Gasteiger partial charge in [-0.1, -0.05) is 6.07 Å². The Morgan fingerprint density at radius 2 is 1.82 bits per heavy atom. The molecule has 1 unspecified atom stereocenters. The van der Waals surface area contributed by atoms with Crippen LogP contribution in [0.5, 0.6) is 11.5 Å². The lowest BCUT2D eigenvalue weighted by molar-refractivity contribution is -0.122. The number of nitrogens with one attached hydrogen (secondary N) is 4. The van der Waals surface area contributed by atoms with Crippen LogP contribution in [0.25, 0.3) is 0 Å². The van der Waals surface area contributed by atoms with Crippen LogP contribution in [-0.2, 0) is 9.53 Å². The number of nitrogens with two attached hydrogens (primary N) is 1. The van der Waals surface area contributed by atoms with Crippen molar-refractivity contribution in [2.24, 2.45) is 5.73 Å². The fourth-order valence-corrected chi connectivity index (χ4v) is 3.35. The number of anilines is 1. The molecule has 3 rings (SSSR count). The van der Waals surface area contributed by atoms with Crippen molar-refractivity contribution in [3.05, 3.63) is 83.4 Å². The number of halogens is 1. The Morgan fingerprint density at radius 1 is 1.05 bits per heavy atom. The van der Waals surface area contributed by atoms with E-state index in [0.717, 1.165) is 0 Å². The van der Waals surface area contributed by atoms with Crippen LogP contribution in [0.1, 0.15) is 34.5 Å². The van der Waals surface area contributed by atoms with E-state index < -0.39 is 23.8 Å². The number of carbonyl (C=O) groups is 2. The number of ether oxygens (including phenoxy) is 3. The van der Waals surface area contributed by atoms with Gasteiger partial charge < -0.3 is 25.3 Å². The minimum absolute atomic E-state index is 0.0957. The monoisotopic (exact) mass is 524 g/mol. The number of hydrogen-bond acceptors (Lipinski definition) is 8. The van der Waals surface area contributed by atoms with Gasteiger partial charge in [-0.2, -0.15) is 4.39 Å². The first-order chi connectivity index (χ1) is 18.3. The second-order valence-electron chi connectivity index (χ2n) is 7.83. The summed E-state index contributed by atoms with van der Waals surface area (Å²) in [4.78, 5) is 29.1. The molecule has 0 saturated heterocycles. The number of pyridine rings is 1. The highest BCUT2D eigenvalue weighted by Crippen LogP contribution is 2.32. The van der Waals surface area contributed by atoms with Crippen molar-refractivity contribution in [3.63, 3.8) is 0 Å². The molecule has 0 aliphatic rings. The summed E-state index contributed by atoms with van der Waals surface area (Å²) in [6, 6.07) is 13.2. The van der Waals surface area contributed by atoms with Crippen LogP contribution in [0.15, 0.2) is 60.8 Å². The SMILES string of the molecule is CCOc1cc(C(Nc2ccc(C(=N)N)cc2)C(=O)NNC(=O)c2cccnc2F)ccc1OCCOC. The summed E-state index contributed by atoms with van der Waals surface area (Å²) < 4.78 is 30.3. The number of nitrogens with zero attached hydrogens (tertiary/aromatic N) is 1. The molecule has 0 bridgehead atoms. The highest BCUT2D eigenvalue weighted by molar-refractivity contribution is 5.97. The Morgan fingerprint density at radius 3 is 2.47 bits per heavy atom. The van der Waals surface area contributed by atoms with Gasteiger partial charge in [0, 0.05) is 24.6 Å². The van der Waals surface area contributed by atoms with E-state index in [-0.39, 0.29) is 11.4 Å². The Kier molecular flexibility index (Phi) is 9.94. The molecule has 1 atom stereocenters. The number of amidine groups is 1. The lowest BCUT2D eigenvalue weighted by atomic mass is 10.0. The van der Waals surface area contributed by atoms with Crippen LogP contribution in [0, 0.1) is 11.4 Å². The van der Waals surface area contributed by atoms with E-state index in [9.17, 15) is 14.0 Å². The molecule has 11 nitrogen and oxygen atoms in total. The van der Waals surface area contributed by atoms with Crippen LogP contribution in [0.4, 0.5) is 10.1 Å². The Hall–Kier alpha value is -4.71. The number of rotatable bonds is 12. The van der Waals surface area contributed by atoms with Crippen molar-refractivity contribution in [2.75, 3.05) is 32.2 Å². The minimum Gasteiger partial charge on any atom is -0.490 e. The number of hydrazine groups is 1. The lowest BCUT2D eigenvalue weighted by Crippen LogP contribution is -2.45. The van der Waals surface area contributed by atoms with E-state index in [1.54, 1.807) is 49.6 Å². The van der Waals surface area contributed by atoms with Crippen molar-refractivity contribution >= 4 is 23.3 Å². The summed E-state index contributed by atoms with van der Waals surface area (Å²) in [7, 11) is 1.56. The first kappa shape index (κ1) is 27.9. The topological polar surface area (TPSA) is 161 Å². The molecule has 0 fully saturated rings. The number of methoxy groups -OCH3 is 1. The zero-order chi connectivity index (χ0) is 27.5. The predicted octanol–water partition coefficient (Wildman–Crippen LogP) is 2.54. The van der Waals surface area contributed by atoms with Gasteiger partial charge in [-0.15, -0.1) is 0 Å². The van der Waals surface area contributed by atoms with E-state index in [1.165, 1.54) is 18.3 Å². The quantitative estimate of drug-likeness (QED) is 0.0794. The number of carbonyl (C=O) groups excluding carboxylic acids is 2. The molecule has 12 heteroatoms. The highest BCUT2D eigenvalue weighted by atomic mass is 19.1. The fraction of sp³-hybridized carbons (Fsp3) is 0.231. The first-order valence-electron chi connectivity index (χ1n) is 11.6. The maximum atomic E-state index is 13.9. The van der Waals surface area contributed by atoms with E-state index in [1.807, 2.05) is 6.92 Å². The molecule has 200 valence electrons. The molecule has 0 aliphatic heterocycles. The third-order valence-corrected chi connectivity index (χ3v) is 5.22. The minimum atomic E-state index is -1.02. The molecule has 2 amide bonds. The van der Waals surface area contributed by atoms with Crippen molar-refractivity contribution in [1.82, 2.24) is 15.8 Å². The molecule has 0 radical (unpaired) electrons. The van der Waals surface area contributed by atoms with E-state index >= 15 is 0 Å². The summed E-state index contributed by atoms with van der Waals surface area (Å²) in [5, 5.41) is 10.7. The van der Waals surface area contributed by atoms with Crippen molar-refractivity contribution < 1.29 is 28.2 Å². The van der Waals surface area contributed by atoms with Crippen molar-refractivity contribution in [1.29, 1.82) is 5.41 Å². The van der Waals surface area contributed by atoms with Crippen molar-refractivity contribution in [3.8, 4) is 11.5 Å². The lowest BCUT2D eigenvalue weighted by Gasteiger charge is -2.22. The number of aromatic nitrogens is 1. The molecule has 1 heterocycles. The van der Waals surface area contributed by atoms with Crippen LogP contribution in [0.3, 0.4) is 0 Å². The smallest absolute Gasteiger partial charge is 0.274 e. The Balaban J connectivity index is 1.87. The summed E-state index contributed by atoms with van der Waals surface area (Å²) in [6.07, 6.45) is 1.21. The maximum Gasteiger partial charge on any atom is 0.274 e. The van der Waals surface area contributed by atoms with Crippen LogP contribution < -0.4 is 31.4 Å². The largest absolute Gasteiger partial charge is 0.490 e. The van der Waals surface area contributed by atoms with Gasteiger partial charge in [-0.05, 0) is 61.0 Å². The third kappa shape index (κ3) is 7.40. The molecule has 3 aromatic rings. The first-order valence-corrected chi connectivity index (χ1v) is 11.6. The molecule has 6 N–H and O–H groups in total.